The Kier molecular flexibility index (Phi) is 7.30. The fourth-order valence-electron chi connectivity index (χ4n) is 2.39. The standard InChI is InChI=1S/C19H20Cl2N2O3/c1-13(19(25)22-2)23(11-14-7-3-4-8-15(14)20)18(24)12-26-17-10-6-5-9-16(17)21/h3-10,13H,11-12H2,1-2H3,(H,22,25). The van der Waals surface area contributed by atoms with Gasteiger partial charge in [-0.05, 0) is 30.7 Å². The van der Waals surface area contributed by atoms with E-state index in [-0.39, 0.29) is 25.0 Å². The number of rotatable bonds is 7. The first-order valence-corrected chi connectivity index (χ1v) is 8.81. The second-order valence-electron chi connectivity index (χ2n) is 5.62. The second-order valence-corrected chi connectivity index (χ2v) is 6.44. The second kappa shape index (κ2) is 9.46. The number of nitrogens with zero attached hydrogens (tertiary/aromatic N) is 1. The zero-order chi connectivity index (χ0) is 19.1. The van der Waals surface area contributed by atoms with Crippen LogP contribution in [0.25, 0.3) is 0 Å². The van der Waals surface area contributed by atoms with Gasteiger partial charge >= 0.3 is 0 Å². The number of hydrogen-bond acceptors (Lipinski definition) is 3. The van der Waals surface area contributed by atoms with E-state index in [1.807, 2.05) is 12.1 Å². The fraction of sp³-hybridized carbons (Fsp3) is 0.263. The molecule has 0 aromatic heterocycles. The molecule has 0 saturated heterocycles. The van der Waals surface area contributed by atoms with Gasteiger partial charge in [-0.15, -0.1) is 0 Å². The molecule has 7 heteroatoms. The first kappa shape index (κ1) is 20.1. The lowest BCUT2D eigenvalue weighted by Gasteiger charge is -2.28. The third-order valence-corrected chi connectivity index (χ3v) is 4.58. The van der Waals surface area contributed by atoms with Gasteiger partial charge in [0.1, 0.15) is 11.8 Å². The first-order chi connectivity index (χ1) is 12.4. The molecule has 0 saturated carbocycles. The molecule has 0 heterocycles. The third kappa shape index (κ3) is 5.13. The van der Waals surface area contributed by atoms with Crippen LogP contribution in [0.2, 0.25) is 10.0 Å². The molecule has 26 heavy (non-hydrogen) atoms. The van der Waals surface area contributed by atoms with Gasteiger partial charge in [-0.3, -0.25) is 9.59 Å². The Labute approximate surface area is 162 Å². The maximum Gasteiger partial charge on any atom is 0.261 e. The molecule has 1 N–H and O–H groups in total. The van der Waals surface area contributed by atoms with Crippen LogP contribution in [0.3, 0.4) is 0 Å². The predicted molar refractivity (Wildman–Crippen MR) is 102 cm³/mol. The van der Waals surface area contributed by atoms with E-state index < -0.39 is 6.04 Å². The molecule has 0 bridgehead atoms. The summed E-state index contributed by atoms with van der Waals surface area (Å²) in [5.74, 6) is -0.211. The highest BCUT2D eigenvalue weighted by atomic mass is 35.5. The largest absolute Gasteiger partial charge is 0.482 e. The molecule has 2 amide bonds. The monoisotopic (exact) mass is 394 g/mol. The molecule has 0 spiro atoms. The maximum atomic E-state index is 12.7. The molecule has 2 rings (SSSR count). The fourth-order valence-corrected chi connectivity index (χ4v) is 2.77. The first-order valence-electron chi connectivity index (χ1n) is 8.05. The van der Waals surface area contributed by atoms with Crippen molar-refractivity contribution < 1.29 is 14.3 Å². The minimum Gasteiger partial charge on any atom is -0.482 e. The van der Waals surface area contributed by atoms with Crippen LogP contribution in [0.15, 0.2) is 48.5 Å². The van der Waals surface area contributed by atoms with E-state index in [2.05, 4.69) is 5.32 Å². The summed E-state index contributed by atoms with van der Waals surface area (Å²) in [5.41, 5.74) is 0.746. The molecule has 5 nitrogen and oxygen atoms in total. The van der Waals surface area contributed by atoms with Crippen molar-refractivity contribution in [1.82, 2.24) is 10.2 Å². The number of ether oxygens (including phenoxy) is 1. The summed E-state index contributed by atoms with van der Waals surface area (Å²) in [6.07, 6.45) is 0. The van der Waals surface area contributed by atoms with Crippen LogP contribution in [0, 0.1) is 0 Å². The molecular weight excluding hydrogens is 375 g/mol. The van der Waals surface area contributed by atoms with Crippen molar-refractivity contribution in [3.63, 3.8) is 0 Å². The number of amides is 2. The highest BCUT2D eigenvalue weighted by Crippen LogP contribution is 2.23. The van der Waals surface area contributed by atoms with Crippen LogP contribution in [0.4, 0.5) is 0 Å². The van der Waals surface area contributed by atoms with Crippen molar-refractivity contribution in [2.45, 2.75) is 19.5 Å². The minimum absolute atomic E-state index is 0.193. The highest BCUT2D eigenvalue weighted by molar-refractivity contribution is 6.32. The quantitative estimate of drug-likeness (QED) is 0.780. The van der Waals surface area contributed by atoms with Gasteiger partial charge < -0.3 is 15.0 Å². The lowest BCUT2D eigenvalue weighted by atomic mass is 10.1. The average Bonchev–Trinajstić information content (AvgIpc) is 2.65. The van der Waals surface area contributed by atoms with Crippen LogP contribution in [0.1, 0.15) is 12.5 Å². The lowest BCUT2D eigenvalue weighted by Crippen LogP contribution is -2.48. The number of para-hydroxylation sites is 1. The minimum atomic E-state index is -0.682. The highest BCUT2D eigenvalue weighted by Gasteiger charge is 2.26. The number of carbonyl (C=O) groups is 2. The van der Waals surface area contributed by atoms with Crippen molar-refractivity contribution in [1.29, 1.82) is 0 Å². The van der Waals surface area contributed by atoms with Crippen molar-refractivity contribution >= 4 is 35.0 Å². The molecule has 138 valence electrons. The van der Waals surface area contributed by atoms with Gasteiger partial charge in [0.2, 0.25) is 5.91 Å². The number of nitrogens with one attached hydrogen (secondary N) is 1. The van der Waals surface area contributed by atoms with E-state index in [4.69, 9.17) is 27.9 Å². The summed E-state index contributed by atoms with van der Waals surface area (Å²) >= 11 is 12.2. The number of carbonyl (C=O) groups excluding carboxylic acids is 2. The zero-order valence-electron chi connectivity index (χ0n) is 14.5. The van der Waals surface area contributed by atoms with E-state index in [9.17, 15) is 9.59 Å². The molecule has 0 aliphatic rings. The summed E-state index contributed by atoms with van der Waals surface area (Å²) in [4.78, 5) is 26.2. The molecule has 2 aromatic carbocycles. The topological polar surface area (TPSA) is 58.6 Å². The maximum absolute atomic E-state index is 12.7. The van der Waals surface area contributed by atoms with Crippen molar-refractivity contribution in [2.75, 3.05) is 13.7 Å². The van der Waals surface area contributed by atoms with E-state index in [1.165, 1.54) is 11.9 Å². The Morgan fingerprint density at radius 2 is 1.69 bits per heavy atom. The van der Waals surface area contributed by atoms with E-state index >= 15 is 0 Å². The number of likely N-dealkylation sites (N-methyl/N-ethyl adjacent to an activating group) is 1. The Hall–Kier alpha value is -2.24. The van der Waals surface area contributed by atoms with Crippen molar-refractivity contribution in [3.8, 4) is 5.75 Å². The molecule has 1 atom stereocenters. The molecule has 2 aromatic rings. The van der Waals surface area contributed by atoms with Crippen LogP contribution in [-0.4, -0.2) is 36.4 Å². The van der Waals surface area contributed by atoms with Crippen LogP contribution >= 0.6 is 23.2 Å². The Balaban J connectivity index is 2.17. The van der Waals surface area contributed by atoms with Gasteiger partial charge in [-0.2, -0.15) is 0 Å². The molecule has 0 radical (unpaired) electrons. The summed E-state index contributed by atoms with van der Waals surface area (Å²) < 4.78 is 5.52. The number of halogens is 2. The molecule has 1 unspecified atom stereocenters. The van der Waals surface area contributed by atoms with Gasteiger partial charge in [-0.25, -0.2) is 0 Å². The van der Waals surface area contributed by atoms with Gasteiger partial charge in [0.15, 0.2) is 6.61 Å². The average molecular weight is 395 g/mol. The zero-order valence-corrected chi connectivity index (χ0v) is 16.1. The summed E-state index contributed by atoms with van der Waals surface area (Å²) in [6.45, 7) is 1.61. The van der Waals surface area contributed by atoms with E-state index in [1.54, 1.807) is 43.3 Å². The SMILES string of the molecule is CNC(=O)C(C)N(Cc1ccccc1Cl)C(=O)COc1ccccc1Cl. The van der Waals surface area contributed by atoms with Crippen LogP contribution < -0.4 is 10.1 Å². The summed E-state index contributed by atoms with van der Waals surface area (Å²) in [5, 5.41) is 3.50. The summed E-state index contributed by atoms with van der Waals surface area (Å²) in [6, 6.07) is 13.4. The van der Waals surface area contributed by atoms with Crippen molar-refractivity contribution in [2.24, 2.45) is 0 Å². The van der Waals surface area contributed by atoms with E-state index in [0.717, 1.165) is 5.56 Å². The smallest absolute Gasteiger partial charge is 0.261 e. The molecule has 0 fully saturated rings. The number of hydrogen-bond donors (Lipinski definition) is 1. The normalized spacial score (nSPS) is 11.5. The third-order valence-electron chi connectivity index (χ3n) is 3.90. The molecule has 0 aliphatic carbocycles. The molecular formula is C19H20Cl2N2O3. The molecule has 0 aliphatic heterocycles. The van der Waals surface area contributed by atoms with Gasteiger partial charge in [0, 0.05) is 18.6 Å². The van der Waals surface area contributed by atoms with E-state index in [0.29, 0.717) is 15.8 Å². The lowest BCUT2D eigenvalue weighted by molar-refractivity contribution is -0.142. The number of benzene rings is 2. The Morgan fingerprint density at radius 1 is 1.08 bits per heavy atom. The van der Waals surface area contributed by atoms with Crippen LogP contribution in [0.5, 0.6) is 5.75 Å². The van der Waals surface area contributed by atoms with Gasteiger partial charge in [0.05, 0.1) is 5.02 Å². The van der Waals surface area contributed by atoms with Crippen molar-refractivity contribution in [3.05, 3.63) is 64.1 Å². The predicted octanol–water partition coefficient (Wildman–Crippen LogP) is 3.54. The Morgan fingerprint density at radius 3 is 2.31 bits per heavy atom. The van der Waals surface area contributed by atoms with Crippen LogP contribution in [-0.2, 0) is 16.1 Å². The van der Waals surface area contributed by atoms with Gasteiger partial charge in [0.25, 0.3) is 5.91 Å². The van der Waals surface area contributed by atoms with Gasteiger partial charge in [-0.1, -0.05) is 53.5 Å². The Bertz CT molecular complexity index is 783. The summed E-state index contributed by atoms with van der Waals surface area (Å²) in [7, 11) is 1.53.